The number of hydrogen-bond donors (Lipinski definition) is 3. The van der Waals surface area contributed by atoms with E-state index in [9.17, 15) is 14.0 Å². The van der Waals surface area contributed by atoms with Crippen molar-refractivity contribution in [1.29, 1.82) is 0 Å². The molecule has 0 bridgehead atoms. The summed E-state index contributed by atoms with van der Waals surface area (Å²) in [6, 6.07) is 2.62. The van der Waals surface area contributed by atoms with Crippen molar-refractivity contribution in [3.05, 3.63) is 40.7 Å². The molecule has 2 atom stereocenters. The van der Waals surface area contributed by atoms with E-state index in [0.29, 0.717) is 49.3 Å². The number of nitrogens with zero attached hydrogens (tertiary/aromatic N) is 3. The van der Waals surface area contributed by atoms with E-state index in [-0.39, 0.29) is 46.1 Å². The van der Waals surface area contributed by atoms with Gasteiger partial charge in [-0.25, -0.2) is 18.4 Å². The fourth-order valence-corrected chi connectivity index (χ4v) is 5.67. The first kappa shape index (κ1) is 28.3. The Labute approximate surface area is 240 Å². The van der Waals surface area contributed by atoms with Crippen molar-refractivity contribution in [3.8, 4) is 0 Å². The fraction of sp³-hybridized carbons (Fsp3) is 0.577. The van der Waals surface area contributed by atoms with Crippen LogP contribution in [0.1, 0.15) is 91.9 Å². The van der Waals surface area contributed by atoms with Crippen LogP contribution in [0.25, 0.3) is 11.0 Å². The zero-order chi connectivity index (χ0) is 27.9. The van der Waals surface area contributed by atoms with Crippen LogP contribution in [0.2, 0.25) is 0 Å². The second-order valence-electron chi connectivity index (χ2n) is 11.4. The Bertz CT molecular complexity index is 1370. The number of alkyl halides is 2. The standard InChI is InChI=1S/C26H32F2IN6O3P/c1-25(2,39)12-30-17(36)11-15-5-6-16-21(18(15)27)32-23(31-16)20(14-7-9-26(28,29)10-8-14)33-24(37)22-19(13-3-4-13)34-38-35-22/h5-6,13-14,20H,3-4,7-12,39H2,1-2H3,(H,30,36)(H,31,32)(H,33,37)/t14?,20-,26?/m0/s1. The van der Waals surface area contributed by atoms with Crippen molar-refractivity contribution < 1.29 is 23.0 Å². The van der Waals surface area contributed by atoms with Crippen molar-refractivity contribution in [2.45, 2.75) is 79.6 Å². The minimum atomic E-state index is -1.29. The summed E-state index contributed by atoms with van der Waals surface area (Å²) in [5.41, 5.74) is 1.44. The molecule has 2 aliphatic rings. The van der Waals surface area contributed by atoms with Gasteiger partial charge in [-0.3, -0.25) is 9.59 Å². The third-order valence-corrected chi connectivity index (χ3v) is 8.57. The fourth-order valence-electron chi connectivity index (χ4n) is 4.94. The van der Waals surface area contributed by atoms with Crippen LogP contribution in [-0.4, -0.2) is 47.5 Å². The number of rotatable bonds is 9. The van der Waals surface area contributed by atoms with Crippen molar-refractivity contribution in [1.82, 2.24) is 30.9 Å². The number of benzene rings is 1. The van der Waals surface area contributed by atoms with Gasteiger partial charge in [0.25, 0.3) is 5.91 Å². The van der Waals surface area contributed by atoms with E-state index in [1.807, 2.05) is 36.4 Å². The molecule has 2 fully saturated rings. The highest BCUT2D eigenvalue weighted by molar-refractivity contribution is 14.1. The van der Waals surface area contributed by atoms with Gasteiger partial charge >= 0.3 is 0 Å². The SMILES string of the molecule is CC(C)(P)CNC(=O)Cc1ccc2[nH]c([C@@H](NC(=O)c3nonc3C3CC3)C3CCC(F)(I)CC3)nc2c1F. The van der Waals surface area contributed by atoms with Crippen LogP contribution in [0.4, 0.5) is 8.78 Å². The number of amides is 2. The third-order valence-electron chi connectivity index (χ3n) is 7.29. The number of aromatic nitrogens is 4. The van der Waals surface area contributed by atoms with Gasteiger partial charge in [0.15, 0.2) is 15.2 Å². The smallest absolute Gasteiger partial charge is 0.276 e. The van der Waals surface area contributed by atoms with Crippen molar-refractivity contribution >= 4 is 54.7 Å². The number of carbonyl (C=O) groups excluding carboxylic acids is 2. The molecule has 2 heterocycles. The minimum Gasteiger partial charge on any atom is -0.355 e. The number of H-pyrrole nitrogens is 1. The minimum absolute atomic E-state index is 0.0900. The first-order valence-electron chi connectivity index (χ1n) is 13.1. The summed E-state index contributed by atoms with van der Waals surface area (Å²) in [4.78, 5) is 33.4. The Kier molecular flexibility index (Phi) is 7.98. The number of aromatic amines is 1. The van der Waals surface area contributed by atoms with Gasteiger partial charge in [-0.15, -0.1) is 9.24 Å². The zero-order valence-electron chi connectivity index (χ0n) is 21.8. The molecule has 0 radical (unpaired) electrons. The molecule has 5 rings (SSSR count). The van der Waals surface area contributed by atoms with Gasteiger partial charge in [0.05, 0.1) is 18.0 Å². The average Bonchev–Trinajstić information content (AvgIpc) is 3.42. The Balaban J connectivity index is 1.41. The second kappa shape index (κ2) is 11.0. The summed E-state index contributed by atoms with van der Waals surface area (Å²) in [7, 11) is 2.66. The van der Waals surface area contributed by atoms with E-state index in [4.69, 9.17) is 4.63 Å². The summed E-state index contributed by atoms with van der Waals surface area (Å²) in [5.74, 6) is -0.915. The summed E-state index contributed by atoms with van der Waals surface area (Å²) in [5, 5.41) is 13.4. The van der Waals surface area contributed by atoms with Crippen LogP contribution in [0.15, 0.2) is 16.8 Å². The molecule has 3 aromatic rings. The molecule has 3 N–H and O–H groups in total. The number of halogens is 3. The molecule has 0 aliphatic heterocycles. The van der Waals surface area contributed by atoms with Crippen LogP contribution in [0.3, 0.4) is 0 Å². The first-order valence-corrected chi connectivity index (χ1v) is 14.8. The molecule has 39 heavy (non-hydrogen) atoms. The van der Waals surface area contributed by atoms with Gasteiger partial charge < -0.3 is 15.6 Å². The summed E-state index contributed by atoms with van der Waals surface area (Å²) < 4.78 is 33.7. The van der Waals surface area contributed by atoms with Gasteiger partial charge in [-0.1, -0.05) is 25.1 Å². The largest absolute Gasteiger partial charge is 0.355 e. The van der Waals surface area contributed by atoms with E-state index >= 15 is 4.39 Å². The summed E-state index contributed by atoms with van der Waals surface area (Å²) in [6.45, 7) is 4.38. The van der Waals surface area contributed by atoms with Crippen LogP contribution >= 0.6 is 31.8 Å². The first-order chi connectivity index (χ1) is 18.4. The molecule has 2 aromatic heterocycles. The molecular formula is C26H32F2IN6O3P. The second-order valence-corrected chi connectivity index (χ2v) is 14.9. The summed E-state index contributed by atoms with van der Waals surface area (Å²) >= 11 is 1.84. The van der Waals surface area contributed by atoms with Crippen molar-refractivity contribution in [2.75, 3.05) is 6.54 Å². The number of hydrogen-bond acceptors (Lipinski definition) is 6. The third kappa shape index (κ3) is 6.75. The molecule has 210 valence electrons. The monoisotopic (exact) mass is 672 g/mol. The number of imidazole rings is 1. The van der Waals surface area contributed by atoms with Gasteiger partial charge in [0.2, 0.25) is 5.91 Å². The highest BCUT2D eigenvalue weighted by atomic mass is 127. The molecule has 0 spiro atoms. The van der Waals surface area contributed by atoms with E-state index in [1.165, 1.54) is 0 Å². The lowest BCUT2D eigenvalue weighted by Crippen LogP contribution is -2.37. The highest BCUT2D eigenvalue weighted by Crippen LogP contribution is 2.44. The quantitative estimate of drug-likeness (QED) is 0.166. The Morgan fingerprint density at radius 1 is 1.26 bits per heavy atom. The van der Waals surface area contributed by atoms with Gasteiger partial charge in [0, 0.05) is 12.5 Å². The highest BCUT2D eigenvalue weighted by Gasteiger charge is 2.39. The topological polar surface area (TPSA) is 126 Å². The molecule has 1 unspecified atom stereocenters. The van der Waals surface area contributed by atoms with Crippen molar-refractivity contribution in [3.63, 3.8) is 0 Å². The van der Waals surface area contributed by atoms with Crippen LogP contribution < -0.4 is 10.6 Å². The molecule has 0 saturated heterocycles. The maximum Gasteiger partial charge on any atom is 0.276 e. The van der Waals surface area contributed by atoms with E-state index in [2.05, 4.69) is 40.2 Å². The van der Waals surface area contributed by atoms with Crippen LogP contribution in [-0.2, 0) is 11.2 Å². The lowest BCUT2D eigenvalue weighted by molar-refractivity contribution is -0.120. The number of carbonyl (C=O) groups is 2. The number of fused-ring (bicyclic) bond motifs is 1. The van der Waals surface area contributed by atoms with Gasteiger partial charge in [-0.2, -0.15) is 0 Å². The molecular weight excluding hydrogens is 640 g/mol. The van der Waals surface area contributed by atoms with Crippen LogP contribution in [0.5, 0.6) is 0 Å². The van der Waals surface area contributed by atoms with Crippen molar-refractivity contribution in [2.24, 2.45) is 5.92 Å². The van der Waals surface area contributed by atoms with Crippen LogP contribution in [0, 0.1) is 11.7 Å². The predicted octanol–water partition coefficient (Wildman–Crippen LogP) is 5.04. The molecule has 9 nitrogen and oxygen atoms in total. The maximum absolute atomic E-state index is 15.5. The molecule has 1 aromatic carbocycles. The van der Waals surface area contributed by atoms with E-state index < -0.39 is 21.4 Å². The number of nitrogens with one attached hydrogen (secondary N) is 3. The Morgan fingerprint density at radius 2 is 1.97 bits per heavy atom. The van der Waals surface area contributed by atoms with Gasteiger partial charge in [0.1, 0.15) is 17.0 Å². The molecule has 13 heteroatoms. The Hall–Kier alpha value is -2.21. The lowest BCUT2D eigenvalue weighted by atomic mass is 9.82. The molecule has 2 amide bonds. The average molecular weight is 672 g/mol. The Morgan fingerprint density at radius 3 is 2.64 bits per heavy atom. The van der Waals surface area contributed by atoms with Gasteiger partial charge in [-0.05, 0) is 89.0 Å². The normalized spacial score (nSPS) is 22.6. The maximum atomic E-state index is 15.5. The molecule has 2 aliphatic carbocycles. The van der Waals surface area contributed by atoms with E-state index in [0.717, 1.165) is 12.8 Å². The lowest BCUT2D eigenvalue weighted by Gasteiger charge is -2.34. The van der Waals surface area contributed by atoms with E-state index in [1.54, 1.807) is 12.1 Å². The predicted molar refractivity (Wildman–Crippen MR) is 153 cm³/mol. The molecule has 2 saturated carbocycles. The zero-order valence-corrected chi connectivity index (χ0v) is 25.1. The summed E-state index contributed by atoms with van der Waals surface area (Å²) in [6.07, 6.45) is 3.45.